The van der Waals surface area contributed by atoms with Crippen LogP contribution < -0.4 is 14.2 Å². The monoisotopic (exact) mass is 411 g/mol. The molecule has 0 N–H and O–H groups in total. The number of Topliss-reactive ketones (excluding diaryl/α,β-unsaturated/α-hetero) is 1. The highest BCUT2D eigenvalue weighted by Gasteiger charge is 2.26. The number of aromatic nitrogens is 1. The van der Waals surface area contributed by atoms with E-state index < -0.39 is 6.10 Å². The van der Waals surface area contributed by atoms with E-state index in [1.54, 1.807) is 44.7 Å². The van der Waals surface area contributed by atoms with E-state index in [1.807, 2.05) is 6.08 Å². The van der Waals surface area contributed by atoms with Crippen LogP contribution in [0.25, 0.3) is 10.9 Å². The van der Waals surface area contributed by atoms with Gasteiger partial charge in [-0.15, -0.1) is 0 Å². The zero-order valence-corrected chi connectivity index (χ0v) is 17.3. The van der Waals surface area contributed by atoms with Gasteiger partial charge in [-0.1, -0.05) is 6.08 Å². The highest BCUT2D eigenvalue weighted by Crippen LogP contribution is 2.37. The molecule has 158 valence electrons. The fourth-order valence-corrected chi connectivity index (χ4v) is 4.22. The summed E-state index contributed by atoms with van der Waals surface area (Å²) in [7, 11) is 3.13. The highest BCUT2D eigenvalue weighted by molar-refractivity contribution is 5.88. The molecule has 4 rings (SSSR count). The van der Waals surface area contributed by atoms with Crippen LogP contribution in [0.15, 0.2) is 47.9 Å². The lowest BCUT2D eigenvalue weighted by Crippen LogP contribution is -2.19. The van der Waals surface area contributed by atoms with Crippen molar-refractivity contribution in [2.45, 2.75) is 44.6 Å². The smallest absolute Gasteiger partial charge is 0.162 e. The largest absolute Gasteiger partial charge is 0.493 e. The van der Waals surface area contributed by atoms with E-state index in [2.05, 4.69) is 4.98 Å². The number of nitrogens with zero attached hydrogens (tertiary/aromatic N) is 1. The van der Waals surface area contributed by atoms with E-state index in [-0.39, 0.29) is 11.7 Å². The Morgan fingerprint density at radius 2 is 1.97 bits per heavy atom. The number of hydrogen-bond donors (Lipinski definition) is 0. The molecule has 2 atom stereocenters. The lowest BCUT2D eigenvalue weighted by Gasteiger charge is -2.22. The average molecular weight is 411 g/mol. The van der Waals surface area contributed by atoms with Crippen LogP contribution in [0.2, 0.25) is 0 Å². The van der Waals surface area contributed by atoms with Crippen LogP contribution in [0.4, 0.5) is 4.39 Å². The van der Waals surface area contributed by atoms with Crippen LogP contribution in [0.1, 0.15) is 38.5 Å². The number of ether oxygens (including phenoxy) is 3. The first kappa shape index (κ1) is 20.4. The molecule has 1 aromatic heterocycles. The maximum Gasteiger partial charge on any atom is 0.162 e. The molecular weight excluding hydrogens is 385 g/mol. The number of fused-ring (bicyclic) bond motifs is 1. The molecule has 1 fully saturated rings. The van der Waals surface area contributed by atoms with Gasteiger partial charge >= 0.3 is 0 Å². The van der Waals surface area contributed by atoms with E-state index in [1.165, 1.54) is 0 Å². The van der Waals surface area contributed by atoms with Gasteiger partial charge in [0.05, 0.1) is 19.7 Å². The Bertz CT molecular complexity index is 1010. The Kier molecular flexibility index (Phi) is 6.02. The van der Waals surface area contributed by atoms with E-state index in [0.29, 0.717) is 41.4 Å². The second-order valence-corrected chi connectivity index (χ2v) is 7.78. The van der Waals surface area contributed by atoms with Crippen LogP contribution in [0.3, 0.4) is 0 Å². The molecule has 6 heteroatoms. The molecule has 1 saturated carbocycles. The summed E-state index contributed by atoms with van der Waals surface area (Å²) in [5.74, 6) is 1.89. The predicted molar refractivity (Wildman–Crippen MR) is 113 cm³/mol. The third kappa shape index (κ3) is 4.18. The van der Waals surface area contributed by atoms with Crippen molar-refractivity contribution in [2.75, 3.05) is 14.2 Å². The van der Waals surface area contributed by atoms with Gasteiger partial charge in [-0.2, -0.15) is 0 Å². The zero-order valence-electron chi connectivity index (χ0n) is 17.3. The fourth-order valence-electron chi connectivity index (χ4n) is 4.22. The number of methoxy groups -OCH3 is 2. The van der Waals surface area contributed by atoms with Gasteiger partial charge in [0.1, 0.15) is 17.4 Å². The number of allylic oxidation sites excluding steroid dienone is 2. The molecule has 2 aliphatic carbocycles. The van der Waals surface area contributed by atoms with Gasteiger partial charge in [0.2, 0.25) is 0 Å². The normalized spacial score (nSPS) is 21.4. The molecule has 0 saturated heterocycles. The second-order valence-electron chi connectivity index (χ2n) is 7.78. The van der Waals surface area contributed by atoms with Gasteiger partial charge in [-0.05, 0) is 49.5 Å². The van der Waals surface area contributed by atoms with Crippen LogP contribution >= 0.6 is 0 Å². The van der Waals surface area contributed by atoms with Crippen LogP contribution in [0.5, 0.6) is 17.2 Å². The molecule has 5 nitrogen and oxygen atoms in total. The standard InChI is InChI=1S/C24H26FNO4/c1-28-23-13-17-19(14-24(23)29-2)26-11-10-21(17)30-22-9-7-15(12-18(22)25)6-8-16-4-3-5-20(16)27/h7,10-14,16,22H,3-6,8-9H2,1-2H3/t16-,22?/m1/s1. The average Bonchev–Trinajstić information content (AvgIpc) is 3.17. The van der Waals surface area contributed by atoms with Crippen molar-refractivity contribution in [1.29, 1.82) is 0 Å². The van der Waals surface area contributed by atoms with Crippen molar-refractivity contribution in [2.24, 2.45) is 5.92 Å². The maximum absolute atomic E-state index is 14.8. The number of hydrogen-bond acceptors (Lipinski definition) is 5. The molecule has 0 spiro atoms. The third-order valence-corrected chi connectivity index (χ3v) is 5.91. The van der Waals surface area contributed by atoms with Gasteiger partial charge in [-0.3, -0.25) is 9.78 Å². The molecule has 2 aromatic rings. The summed E-state index contributed by atoms with van der Waals surface area (Å²) in [5.41, 5.74) is 1.63. The summed E-state index contributed by atoms with van der Waals surface area (Å²) in [6.07, 6.45) is 9.15. The first-order valence-electron chi connectivity index (χ1n) is 10.3. The summed E-state index contributed by atoms with van der Waals surface area (Å²) in [5, 5.41) is 0.734. The molecule has 30 heavy (non-hydrogen) atoms. The molecule has 0 aliphatic heterocycles. The van der Waals surface area contributed by atoms with Crippen LogP contribution in [-0.2, 0) is 4.79 Å². The van der Waals surface area contributed by atoms with Crippen molar-refractivity contribution >= 4 is 16.7 Å². The lowest BCUT2D eigenvalue weighted by atomic mass is 9.94. The highest BCUT2D eigenvalue weighted by atomic mass is 19.1. The third-order valence-electron chi connectivity index (χ3n) is 5.91. The summed E-state index contributed by atoms with van der Waals surface area (Å²) in [4.78, 5) is 16.2. The Morgan fingerprint density at radius 3 is 2.67 bits per heavy atom. The van der Waals surface area contributed by atoms with Crippen LogP contribution in [-0.4, -0.2) is 31.1 Å². The minimum absolute atomic E-state index is 0.145. The summed E-state index contributed by atoms with van der Waals surface area (Å²) < 4.78 is 31.5. The Labute approximate surface area is 175 Å². The molecule has 1 heterocycles. The van der Waals surface area contributed by atoms with Gasteiger partial charge in [-0.25, -0.2) is 4.39 Å². The molecule has 1 unspecified atom stereocenters. The minimum atomic E-state index is -0.680. The molecule has 0 radical (unpaired) electrons. The number of pyridine rings is 1. The van der Waals surface area contributed by atoms with E-state index in [0.717, 1.165) is 36.6 Å². The maximum atomic E-state index is 14.8. The number of carbonyl (C=O) groups excluding carboxylic acids is 1. The van der Waals surface area contributed by atoms with E-state index in [4.69, 9.17) is 14.2 Å². The number of halogens is 1. The van der Waals surface area contributed by atoms with E-state index >= 15 is 0 Å². The topological polar surface area (TPSA) is 57.7 Å². The second kappa shape index (κ2) is 8.86. The first-order valence-corrected chi connectivity index (χ1v) is 10.3. The lowest BCUT2D eigenvalue weighted by molar-refractivity contribution is -0.120. The van der Waals surface area contributed by atoms with Crippen molar-refractivity contribution < 1.29 is 23.4 Å². The molecule has 0 bridgehead atoms. The quantitative estimate of drug-likeness (QED) is 0.616. The van der Waals surface area contributed by atoms with Gasteiger partial charge in [0.15, 0.2) is 17.6 Å². The molecule has 2 aliphatic rings. The van der Waals surface area contributed by atoms with Gasteiger partial charge in [0, 0.05) is 36.4 Å². The zero-order chi connectivity index (χ0) is 21.1. The molecular formula is C24H26FNO4. The SMILES string of the molecule is COc1cc2nccc(OC3CC=C(CC[C@H]4CCCC4=O)C=C3F)c2cc1OC. The van der Waals surface area contributed by atoms with Gasteiger partial charge < -0.3 is 14.2 Å². The Balaban J connectivity index is 1.47. The van der Waals surface area contributed by atoms with Crippen molar-refractivity contribution in [1.82, 2.24) is 4.98 Å². The summed E-state index contributed by atoms with van der Waals surface area (Å²) >= 11 is 0. The minimum Gasteiger partial charge on any atom is -0.493 e. The Hall–Kier alpha value is -2.89. The van der Waals surface area contributed by atoms with Gasteiger partial charge in [0.25, 0.3) is 0 Å². The fraction of sp³-hybridized carbons (Fsp3) is 0.417. The van der Waals surface area contributed by atoms with E-state index in [9.17, 15) is 9.18 Å². The van der Waals surface area contributed by atoms with Crippen LogP contribution in [0, 0.1) is 5.92 Å². The summed E-state index contributed by atoms with van der Waals surface area (Å²) in [6, 6.07) is 5.30. The predicted octanol–water partition coefficient (Wildman–Crippen LogP) is 5.33. The number of ketones is 1. The molecule has 0 amide bonds. The summed E-state index contributed by atoms with van der Waals surface area (Å²) in [6.45, 7) is 0. The number of carbonyl (C=O) groups is 1. The number of rotatable bonds is 7. The van der Waals surface area contributed by atoms with Crippen molar-refractivity contribution in [3.8, 4) is 17.2 Å². The van der Waals surface area contributed by atoms with Crippen molar-refractivity contribution in [3.05, 3.63) is 47.9 Å². The molecule has 1 aromatic carbocycles. The first-order chi connectivity index (χ1) is 14.6. The van der Waals surface area contributed by atoms with Crippen molar-refractivity contribution in [3.63, 3.8) is 0 Å². The Morgan fingerprint density at radius 1 is 1.17 bits per heavy atom. The number of benzene rings is 1.